The molecule has 21 heavy (non-hydrogen) atoms. The van der Waals surface area contributed by atoms with Crippen LogP contribution in [0.25, 0.3) is 0 Å². The highest BCUT2D eigenvalue weighted by Crippen LogP contribution is 2.54. The van der Waals surface area contributed by atoms with Gasteiger partial charge < -0.3 is 10.2 Å². The fraction of sp³-hybridized carbons (Fsp3) is 0.500. The van der Waals surface area contributed by atoms with E-state index in [4.69, 9.17) is 0 Å². The Morgan fingerprint density at radius 3 is 2.05 bits per heavy atom. The maximum Gasteiger partial charge on any atom is 0.0979 e. The summed E-state index contributed by atoms with van der Waals surface area (Å²) in [5.41, 5.74) is 2.18. The molecule has 2 rings (SSSR count). The first-order chi connectivity index (χ1) is 9.51. The normalized spacial score (nSPS) is 40.6. The summed E-state index contributed by atoms with van der Waals surface area (Å²) in [7, 11) is 0. The van der Waals surface area contributed by atoms with Gasteiger partial charge in [0.25, 0.3) is 0 Å². The standard InChI is InChI=1S/C16H19Br3O2/c1-8-12(20)6-5-10(15(8,3)18)14-11(17)7-13(21)9(2)16(14,4)19/h5-9,20-21H,1-4H3. The van der Waals surface area contributed by atoms with Crippen LogP contribution in [0.2, 0.25) is 0 Å². The maximum absolute atomic E-state index is 10.1. The second kappa shape index (κ2) is 5.57. The molecule has 0 saturated heterocycles. The predicted molar refractivity (Wildman–Crippen MR) is 98.5 cm³/mol. The molecule has 5 heteroatoms. The number of halogens is 3. The van der Waals surface area contributed by atoms with Crippen LogP contribution in [0, 0.1) is 11.8 Å². The van der Waals surface area contributed by atoms with Crippen LogP contribution in [0.3, 0.4) is 0 Å². The smallest absolute Gasteiger partial charge is 0.0979 e. The molecule has 2 aliphatic carbocycles. The van der Waals surface area contributed by atoms with Crippen molar-refractivity contribution in [3.63, 3.8) is 0 Å². The lowest BCUT2D eigenvalue weighted by Gasteiger charge is -2.43. The van der Waals surface area contributed by atoms with Gasteiger partial charge in [-0.05, 0) is 37.1 Å². The average molecular weight is 483 g/mol. The molecule has 0 aliphatic heterocycles. The van der Waals surface area contributed by atoms with Crippen LogP contribution >= 0.6 is 47.8 Å². The van der Waals surface area contributed by atoms with Gasteiger partial charge in [0.2, 0.25) is 0 Å². The van der Waals surface area contributed by atoms with Crippen molar-refractivity contribution in [1.29, 1.82) is 0 Å². The van der Waals surface area contributed by atoms with E-state index in [0.717, 1.165) is 15.6 Å². The average Bonchev–Trinajstić information content (AvgIpc) is 2.37. The van der Waals surface area contributed by atoms with Crippen LogP contribution in [0.5, 0.6) is 0 Å². The van der Waals surface area contributed by atoms with Crippen LogP contribution in [0.15, 0.2) is 45.4 Å². The van der Waals surface area contributed by atoms with Gasteiger partial charge in [-0.3, -0.25) is 0 Å². The first-order valence-electron chi connectivity index (χ1n) is 6.81. The van der Waals surface area contributed by atoms with E-state index in [0.29, 0.717) is 11.5 Å². The zero-order valence-electron chi connectivity index (χ0n) is 12.4. The summed E-state index contributed by atoms with van der Waals surface area (Å²) >= 11 is 11.2. The zero-order valence-corrected chi connectivity index (χ0v) is 17.2. The summed E-state index contributed by atoms with van der Waals surface area (Å²) < 4.78 is 0.0818. The third kappa shape index (κ3) is 2.70. The first-order valence-corrected chi connectivity index (χ1v) is 9.19. The molecular formula is C16H19Br3O2. The Labute approximate surface area is 151 Å². The second-order valence-corrected chi connectivity index (χ2v) is 10.2. The van der Waals surface area contributed by atoms with E-state index in [-0.39, 0.29) is 16.2 Å². The number of aliphatic hydroxyl groups excluding tert-OH is 2. The van der Waals surface area contributed by atoms with E-state index in [2.05, 4.69) is 61.6 Å². The van der Waals surface area contributed by atoms with Gasteiger partial charge in [0.1, 0.15) is 0 Å². The number of aliphatic hydroxyl groups is 2. The Balaban J connectivity index is 2.67. The van der Waals surface area contributed by atoms with Crippen molar-refractivity contribution in [2.45, 2.75) is 36.3 Å². The van der Waals surface area contributed by atoms with E-state index in [1.54, 1.807) is 12.2 Å². The van der Waals surface area contributed by atoms with Gasteiger partial charge in [0.05, 0.1) is 20.2 Å². The number of alkyl halides is 2. The molecule has 0 saturated carbocycles. The minimum absolute atomic E-state index is 0.0385. The van der Waals surface area contributed by atoms with Crippen molar-refractivity contribution >= 4 is 47.8 Å². The van der Waals surface area contributed by atoms with Gasteiger partial charge in [-0.2, -0.15) is 0 Å². The minimum atomic E-state index is -0.397. The summed E-state index contributed by atoms with van der Waals surface area (Å²) in [5, 5.41) is 20.1. The van der Waals surface area contributed by atoms with Gasteiger partial charge in [0.15, 0.2) is 0 Å². The molecule has 0 bridgehead atoms. The molecule has 2 aliphatic rings. The predicted octanol–water partition coefficient (Wildman–Crippen LogP) is 6.05. The van der Waals surface area contributed by atoms with Crippen molar-refractivity contribution in [2.75, 3.05) is 0 Å². The van der Waals surface area contributed by atoms with Gasteiger partial charge >= 0.3 is 0 Å². The molecule has 2 N–H and O–H groups in total. The summed E-state index contributed by atoms with van der Waals surface area (Å²) in [4.78, 5) is 0. The third-order valence-corrected chi connectivity index (χ3v) is 7.56. The second-order valence-electron chi connectivity index (χ2n) is 6.06. The lowest BCUT2D eigenvalue weighted by molar-refractivity contribution is 0.305. The Hall–Kier alpha value is -0.000000000000000222. The summed E-state index contributed by atoms with van der Waals surface area (Å²) in [6.45, 7) is 8.11. The molecule has 4 atom stereocenters. The van der Waals surface area contributed by atoms with Crippen LogP contribution < -0.4 is 0 Å². The van der Waals surface area contributed by atoms with Crippen molar-refractivity contribution in [3.8, 4) is 0 Å². The number of hydrogen-bond acceptors (Lipinski definition) is 2. The van der Waals surface area contributed by atoms with Crippen molar-refractivity contribution in [1.82, 2.24) is 0 Å². The van der Waals surface area contributed by atoms with Gasteiger partial charge in [-0.25, -0.2) is 0 Å². The minimum Gasteiger partial charge on any atom is -0.512 e. The third-order valence-electron chi connectivity index (χ3n) is 4.73. The van der Waals surface area contributed by atoms with Crippen LogP contribution in [-0.4, -0.2) is 18.9 Å². The highest BCUT2D eigenvalue weighted by atomic mass is 79.9. The highest BCUT2D eigenvalue weighted by molar-refractivity contribution is 9.12. The molecule has 0 aromatic rings. The molecule has 116 valence electrons. The molecule has 0 aromatic carbocycles. The van der Waals surface area contributed by atoms with Gasteiger partial charge in [0, 0.05) is 16.3 Å². The number of allylic oxidation sites excluding steroid dienone is 8. The van der Waals surface area contributed by atoms with E-state index in [1.165, 1.54) is 0 Å². The maximum atomic E-state index is 10.1. The molecule has 0 radical (unpaired) electrons. The SMILES string of the molecule is CC1C(O)=CC=C(C2=C(Br)C=C(O)C(C)C2(C)Br)C1(C)Br. The van der Waals surface area contributed by atoms with Crippen LogP contribution in [0.1, 0.15) is 27.7 Å². The van der Waals surface area contributed by atoms with E-state index in [1.807, 2.05) is 19.9 Å². The van der Waals surface area contributed by atoms with Gasteiger partial charge in [-0.1, -0.05) is 67.7 Å². The Morgan fingerprint density at radius 1 is 0.952 bits per heavy atom. The first kappa shape index (κ1) is 17.4. The van der Waals surface area contributed by atoms with Crippen molar-refractivity contribution in [3.05, 3.63) is 45.4 Å². The van der Waals surface area contributed by atoms with E-state index >= 15 is 0 Å². The highest BCUT2D eigenvalue weighted by Gasteiger charge is 2.47. The molecule has 0 fully saturated rings. The lowest BCUT2D eigenvalue weighted by atomic mass is 9.72. The van der Waals surface area contributed by atoms with Crippen LogP contribution in [-0.2, 0) is 0 Å². The monoisotopic (exact) mass is 480 g/mol. The van der Waals surface area contributed by atoms with Crippen LogP contribution in [0.4, 0.5) is 0 Å². The fourth-order valence-corrected chi connectivity index (χ4v) is 5.11. The summed E-state index contributed by atoms with van der Waals surface area (Å²) in [5.74, 6) is 0.633. The molecule has 0 amide bonds. The number of rotatable bonds is 1. The van der Waals surface area contributed by atoms with E-state index < -0.39 is 4.32 Å². The Kier molecular flexibility index (Phi) is 4.60. The topological polar surface area (TPSA) is 40.5 Å². The molecule has 0 heterocycles. The van der Waals surface area contributed by atoms with Crippen molar-refractivity contribution < 1.29 is 10.2 Å². The zero-order chi connectivity index (χ0) is 16.2. The van der Waals surface area contributed by atoms with Gasteiger partial charge in [-0.15, -0.1) is 0 Å². The Bertz CT molecular complexity index is 595. The lowest BCUT2D eigenvalue weighted by Crippen LogP contribution is -2.40. The van der Waals surface area contributed by atoms with Crippen molar-refractivity contribution in [2.24, 2.45) is 11.8 Å². The Morgan fingerprint density at radius 2 is 1.48 bits per heavy atom. The molecular weight excluding hydrogens is 464 g/mol. The van der Waals surface area contributed by atoms with E-state index in [9.17, 15) is 10.2 Å². The molecule has 4 unspecified atom stereocenters. The largest absolute Gasteiger partial charge is 0.512 e. The summed E-state index contributed by atoms with van der Waals surface area (Å²) in [6, 6.07) is 0. The molecule has 2 nitrogen and oxygen atoms in total. The molecule has 0 spiro atoms. The molecule has 0 aromatic heterocycles. The number of hydrogen-bond donors (Lipinski definition) is 2. The summed E-state index contributed by atoms with van der Waals surface area (Å²) in [6.07, 6.45) is 5.46. The fourth-order valence-electron chi connectivity index (χ4n) is 2.76. The quantitative estimate of drug-likeness (QED) is 0.446.